The van der Waals surface area contributed by atoms with Crippen molar-refractivity contribution in [2.75, 3.05) is 26.7 Å². The van der Waals surface area contributed by atoms with Crippen molar-refractivity contribution >= 4 is 17.2 Å². The molecule has 1 aliphatic rings. The molecule has 19 heavy (non-hydrogen) atoms. The summed E-state index contributed by atoms with van der Waals surface area (Å²) in [7, 11) is 1.91. The maximum absolute atomic E-state index is 12.2. The maximum atomic E-state index is 12.2. The topological polar surface area (TPSA) is 41.6 Å². The molecule has 2 atom stereocenters. The first-order chi connectivity index (χ1) is 9.20. The minimum Gasteiger partial charge on any atom is -0.367 e. The second-order valence-corrected chi connectivity index (χ2v) is 5.78. The first kappa shape index (κ1) is 14.5. The quantitative estimate of drug-likeness (QED) is 0.840. The molecule has 0 radical (unpaired) electrons. The highest BCUT2D eigenvalue weighted by Gasteiger charge is 2.29. The molecule has 2 heterocycles. The molecule has 1 fully saturated rings. The Bertz CT molecular complexity index is 394. The minimum absolute atomic E-state index is 0.0308. The van der Waals surface area contributed by atoms with Crippen molar-refractivity contribution in [2.45, 2.75) is 32.0 Å². The zero-order chi connectivity index (χ0) is 13.7. The van der Waals surface area contributed by atoms with E-state index in [0.717, 1.165) is 13.0 Å². The van der Waals surface area contributed by atoms with Crippen molar-refractivity contribution in [1.29, 1.82) is 0 Å². The van der Waals surface area contributed by atoms with E-state index in [2.05, 4.69) is 22.1 Å². The third-order valence-corrected chi connectivity index (χ3v) is 4.05. The molecule has 5 heteroatoms. The highest BCUT2D eigenvalue weighted by Crippen LogP contribution is 2.27. The number of morpholine rings is 1. The maximum Gasteiger partial charge on any atom is 0.222 e. The van der Waals surface area contributed by atoms with Gasteiger partial charge in [-0.05, 0) is 49.3 Å². The number of ether oxygens (including phenoxy) is 1. The molecule has 1 aromatic heterocycles. The van der Waals surface area contributed by atoms with Gasteiger partial charge in [0.15, 0.2) is 0 Å². The van der Waals surface area contributed by atoms with Gasteiger partial charge >= 0.3 is 0 Å². The number of carbonyl (C=O) groups excluding carboxylic acids is 1. The summed E-state index contributed by atoms with van der Waals surface area (Å²) in [4.78, 5) is 14.1. The number of nitrogens with zero attached hydrogens (tertiary/aromatic N) is 1. The third kappa shape index (κ3) is 4.03. The Kier molecular flexibility index (Phi) is 5.36. The zero-order valence-electron chi connectivity index (χ0n) is 11.6. The fraction of sp³-hybridized carbons (Fsp3) is 0.643. The molecular formula is C14H22N2O2S. The second-order valence-electron chi connectivity index (χ2n) is 5.00. The van der Waals surface area contributed by atoms with Crippen LogP contribution in [0.25, 0.3) is 0 Å². The van der Waals surface area contributed by atoms with Crippen molar-refractivity contribution in [3.05, 3.63) is 22.4 Å². The van der Waals surface area contributed by atoms with E-state index in [4.69, 9.17) is 4.74 Å². The van der Waals surface area contributed by atoms with Crippen LogP contribution < -0.4 is 5.32 Å². The van der Waals surface area contributed by atoms with Gasteiger partial charge in [-0.2, -0.15) is 11.3 Å². The second kappa shape index (κ2) is 7.03. The van der Waals surface area contributed by atoms with E-state index >= 15 is 0 Å². The number of nitrogens with one attached hydrogen (secondary N) is 1. The summed E-state index contributed by atoms with van der Waals surface area (Å²) < 4.78 is 5.94. The molecule has 0 bridgehead atoms. The molecule has 0 saturated carbocycles. The lowest BCUT2D eigenvalue weighted by Gasteiger charge is -2.36. The van der Waals surface area contributed by atoms with Crippen LogP contribution in [0.3, 0.4) is 0 Å². The van der Waals surface area contributed by atoms with Gasteiger partial charge in [0.1, 0.15) is 6.10 Å². The van der Waals surface area contributed by atoms with Crippen molar-refractivity contribution in [1.82, 2.24) is 10.2 Å². The third-order valence-electron chi connectivity index (χ3n) is 3.35. The predicted molar refractivity (Wildman–Crippen MR) is 77.3 cm³/mol. The lowest BCUT2D eigenvalue weighted by atomic mass is 10.1. The van der Waals surface area contributed by atoms with Crippen molar-refractivity contribution in [3.8, 4) is 0 Å². The van der Waals surface area contributed by atoms with E-state index in [0.29, 0.717) is 19.5 Å². The Morgan fingerprint density at radius 2 is 2.42 bits per heavy atom. The number of amides is 1. The summed E-state index contributed by atoms with van der Waals surface area (Å²) >= 11 is 1.67. The highest BCUT2D eigenvalue weighted by atomic mass is 32.1. The summed E-state index contributed by atoms with van der Waals surface area (Å²) in [5.74, 6) is 0.241. The van der Waals surface area contributed by atoms with Crippen LogP contribution in [0, 0.1) is 0 Å². The first-order valence-corrected chi connectivity index (χ1v) is 7.75. The molecule has 106 valence electrons. The molecule has 1 aromatic rings. The van der Waals surface area contributed by atoms with Gasteiger partial charge in [0.2, 0.25) is 5.91 Å². The highest BCUT2D eigenvalue weighted by molar-refractivity contribution is 7.07. The fourth-order valence-electron chi connectivity index (χ4n) is 2.37. The van der Waals surface area contributed by atoms with Crippen molar-refractivity contribution < 1.29 is 9.53 Å². The molecule has 2 unspecified atom stereocenters. The molecule has 2 rings (SSSR count). The Hall–Kier alpha value is -0.910. The smallest absolute Gasteiger partial charge is 0.222 e. The van der Waals surface area contributed by atoms with E-state index < -0.39 is 0 Å². The largest absolute Gasteiger partial charge is 0.367 e. The average molecular weight is 282 g/mol. The van der Waals surface area contributed by atoms with Crippen LogP contribution in [-0.4, -0.2) is 43.6 Å². The normalized spacial score (nSPS) is 23.6. The van der Waals surface area contributed by atoms with Crippen molar-refractivity contribution in [3.63, 3.8) is 0 Å². The first-order valence-electron chi connectivity index (χ1n) is 6.80. The Labute approximate surface area is 118 Å². The van der Waals surface area contributed by atoms with Gasteiger partial charge in [-0.25, -0.2) is 0 Å². The van der Waals surface area contributed by atoms with E-state index in [9.17, 15) is 4.79 Å². The Morgan fingerprint density at radius 1 is 1.58 bits per heavy atom. The summed E-state index contributed by atoms with van der Waals surface area (Å²) in [5.41, 5.74) is 1.18. The van der Waals surface area contributed by atoms with Crippen LogP contribution >= 0.6 is 11.3 Å². The summed E-state index contributed by atoms with van der Waals surface area (Å²) in [6, 6.07) is 2.08. The molecule has 1 saturated heterocycles. The molecule has 1 aliphatic heterocycles. The molecule has 4 nitrogen and oxygen atoms in total. The van der Waals surface area contributed by atoms with Crippen LogP contribution in [0.1, 0.15) is 31.4 Å². The summed E-state index contributed by atoms with van der Waals surface area (Å²) in [6.07, 6.45) is 1.64. The Balaban J connectivity index is 1.92. The van der Waals surface area contributed by atoms with Gasteiger partial charge in [0, 0.05) is 13.0 Å². The van der Waals surface area contributed by atoms with Crippen LogP contribution in [0.15, 0.2) is 16.8 Å². The van der Waals surface area contributed by atoms with Crippen molar-refractivity contribution in [2.24, 2.45) is 0 Å². The van der Waals surface area contributed by atoms with Gasteiger partial charge in [-0.1, -0.05) is 0 Å². The number of hydrogen-bond acceptors (Lipinski definition) is 4. The number of hydrogen-bond donors (Lipinski definition) is 1. The van der Waals surface area contributed by atoms with Gasteiger partial charge in [0.25, 0.3) is 0 Å². The van der Waals surface area contributed by atoms with E-state index in [-0.39, 0.29) is 18.1 Å². The molecule has 0 aliphatic carbocycles. The minimum atomic E-state index is 0.0308. The van der Waals surface area contributed by atoms with E-state index in [1.807, 2.05) is 18.9 Å². The van der Waals surface area contributed by atoms with Gasteiger partial charge < -0.3 is 15.0 Å². The average Bonchev–Trinajstić information content (AvgIpc) is 2.92. The van der Waals surface area contributed by atoms with Crippen LogP contribution in [0.5, 0.6) is 0 Å². The molecular weight excluding hydrogens is 260 g/mol. The van der Waals surface area contributed by atoms with Gasteiger partial charge in [0.05, 0.1) is 12.6 Å². The molecule has 0 spiro atoms. The predicted octanol–water partition coefficient (Wildman–Crippen LogP) is 2.04. The zero-order valence-corrected chi connectivity index (χ0v) is 12.4. The van der Waals surface area contributed by atoms with Gasteiger partial charge in [-0.3, -0.25) is 4.79 Å². The van der Waals surface area contributed by atoms with E-state index in [1.54, 1.807) is 11.3 Å². The lowest BCUT2D eigenvalue weighted by Crippen LogP contribution is -2.45. The van der Waals surface area contributed by atoms with E-state index in [1.165, 1.54) is 5.56 Å². The SMILES string of the molecule is CNCCCC(=O)N1CC(C)OC(c2ccsc2)C1. The fourth-order valence-corrected chi connectivity index (χ4v) is 3.07. The summed E-state index contributed by atoms with van der Waals surface area (Å²) in [6.45, 7) is 4.31. The number of rotatable bonds is 5. The lowest BCUT2D eigenvalue weighted by molar-refractivity contribution is -0.144. The van der Waals surface area contributed by atoms with Crippen LogP contribution in [-0.2, 0) is 9.53 Å². The van der Waals surface area contributed by atoms with Crippen LogP contribution in [0.2, 0.25) is 0 Å². The Morgan fingerprint density at radius 3 is 3.11 bits per heavy atom. The number of carbonyl (C=O) groups is 1. The molecule has 0 aromatic carbocycles. The standard InChI is InChI=1S/C14H22N2O2S/c1-11-8-16(14(17)4-3-6-15-2)9-13(18-11)12-5-7-19-10-12/h5,7,10-11,13,15H,3-4,6,8-9H2,1-2H3. The van der Waals surface area contributed by atoms with Crippen LogP contribution in [0.4, 0.5) is 0 Å². The molecule has 1 N–H and O–H groups in total. The van der Waals surface area contributed by atoms with Gasteiger partial charge in [-0.15, -0.1) is 0 Å². The molecule has 1 amide bonds. The number of thiophene rings is 1. The monoisotopic (exact) mass is 282 g/mol. The summed E-state index contributed by atoms with van der Waals surface area (Å²) in [5, 5.41) is 7.23.